The van der Waals surface area contributed by atoms with E-state index in [4.69, 9.17) is 9.47 Å². The zero-order valence-corrected chi connectivity index (χ0v) is 12.4. The fourth-order valence-electron chi connectivity index (χ4n) is 2.25. The molecule has 1 aliphatic carbocycles. The summed E-state index contributed by atoms with van der Waals surface area (Å²) >= 11 is 3.53. The van der Waals surface area contributed by atoms with Gasteiger partial charge in [-0.05, 0) is 32.0 Å². The number of halogens is 1. The highest BCUT2D eigenvalue weighted by Crippen LogP contribution is 2.28. The number of rotatable bonds is 6. The van der Waals surface area contributed by atoms with Gasteiger partial charge in [-0.25, -0.2) is 0 Å². The third kappa shape index (κ3) is 3.12. The molecule has 2 rings (SSSR count). The van der Waals surface area contributed by atoms with Crippen molar-refractivity contribution in [2.75, 3.05) is 13.7 Å². The Morgan fingerprint density at radius 3 is 2.78 bits per heavy atom. The van der Waals surface area contributed by atoms with Gasteiger partial charge in [0.25, 0.3) is 0 Å². The van der Waals surface area contributed by atoms with Crippen molar-refractivity contribution in [2.45, 2.75) is 38.2 Å². The summed E-state index contributed by atoms with van der Waals surface area (Å²) in [6.45, 7) is 3.39. The average Bonchev–Trinajstić information content (AvgIpc) is 2.37. The lowest BCUT2D eigenvalue weighted by atomic mass is 9.85. The van der Waals surface area contributed by atoms with E-state index in [2.05, 4.69) is 27.3 Å². The normalized spacial score (nSPS) is 26.9. The molecule has 0 radical (unpaired) electrons. The third-order valence-corrected chi connectivity index (χ3v) is 4.16. The highest BCUT2D eigenvalue weighted by atomic mass is 79.9. The molecule has 0 heterocycles. The van der Waals surface area contributed by atoms with Gasteiger partial charge in [0.2, 0.25) is 0 Å². The van der Waals surface area contributed by atoms with Gasteiger partial charge in [-0.15, -0.1) is 0 Å². The summed E-state index contributed by atoms with van der Waals surface area (Å²) in [4.78, 5) is 0. The molecule has 3 unspecified atom stereocenters. The summed E-state index contributed by atoms with van der Waals surface area (Å²) in [7, 11) is 1.97. The van der Waals surface area contributed by atoms with E-state index in [1.165, 1.54) is 5.56 Å². The number of benzene rings is 1. The highest BCUT2D eigenvalue weighted by Gasteiger charge is 2.41. The van der Waals surface area contributed by atoms with Crippen molar-refractivity contribution in [1.82, 2.24) is 5.32 Å². The van der Waals surface area contributed by atoms with Crippen molar-refractivity contribution < 1.29 is 9.47 Å². The van der Waals surface area contributed by atoms with E-state index >= 15 is 0 Å². The number of ether oxygens (including phenoxy) is 2. The predicted molar refractivity (Wildman–Crippen MR) is 75.6 cm³/mol. The minimum Gasteiger partial charge on any atom is -0.374 e. The van der Waals surface area contributed by atoms with E-state index < -0.39 is 0 Å². The molecule has 18 heavy (non-hydrogen) atoms. The Hall–Kier alpha value is -0.420. The largest absolute Gasteiger partial charge is 0.374 e. The summed E-state index contributed by atoms with van der Waals surface area (Å²) in [6, 6.07) is 8.58. The topological polar surface area (TPSA) is 30.5 Å². The molecule has 0 amide bonds. The van der Waals surface area contributed by atoms with E-state index in [-0.39, 0.29) is 12.2 Å². The molecule has 3 nitrogen and oxygen atoms in total. The van der Waals surface area contributed by atoms with E-state index in [1.54, 1.807) is 0 Å². The molecule has 1 aliphatic rings. The minimum atomic E-state index is 0.183. The zero-order chi connectivity index (χ0) is 13.0. The SMILES string of the molecule is CCOC1C(NC)CC1OCc1ccccc1Br. The molecular formula is C14H20BrNO2. The smallest absolute Gasteiger partial charge is 0.0990 e. The van der Waals surface area contributed by atoms with E-state index in [1.807, 2.05) is 32.2 Å². The first kappa shape index (κ1) is 14.0. The van der Waals surface area contributed by atoms with Gasteiger partial charge in [0.05, 0.1) is 18.8 Å². The first-order chi connectivity index (χ1) is 8.76. The van der Waals surface area contributed by atoms with Crippen LogP contribution >= 0.6 is 15.9 Å². The van der Waals surface area contributed by atoms with Gasteiger partial charge in [-0.1, -0.05) is 34.1 Å². The van der Waals surface area contributed by atoms with Crippen LogP contribution in [0.25, 0.3) is 0 Å². The molecule has 1 fully saturated rings. The number of hydrogen-bond donors (Lipinski definition) is 1. The molecule has 1 aromatic carbocycles. The summed E-state index contributed by atoms with van der Waals surface area (Å²) in [5, 5.41) is 3.26. The summed E-state index contributed by atoms with van der Waals surface area (Å²) < 4.78 is 12.8. The quantitative estimate of drug-likeness (QED) is 0.876. The molecule has 1 aromatic rings. The lowest BCUT2D eigenvalue weighted by Crippen LogP contribution is -2.59. The highest BCUT2D eigenvalue weighted by molar-refractivity contribution is 9.10. The second-order valence-corrected chi connectivity index (χ2v) is 5.35. The van der Waals surface area contributed by atoms with Crippen molar-refractivity contribution in [3.05, 3.63) is 34.3 Å². The first-order valence-electron chi connectivity index (χ1n) is 6.40. The molecule has 100 valence electrons. The maximum atomic E-state index is 5.95. The lowest BCUT2D eigenvalue weighted by molar-refractivity contribution is -0.148. The fourth-order valence-corrected chi connectivity index (χ4v) is 2.65. The molecule has 1 saturated carbocycles. The molecule has 0 spiro atoms. The Balaban J connectivity index is 1.86. The van der Waals surface area contributed by atoms with Crippen molar-refractivity contribution in [1.29, 1.82) is 0 Å². The average molecular weight is 314 g/mol. The Kier molecular flexibility index (Phi) is 5.18. The van der Waals surface area contributed by atoms with Crippen LogP contribution in [-0.4, -0.2) is 31.9 Å². The molecule has 0 aliphatic heterocycles. The van der Waals surface area contributed by atoms with Crippen LogP contribution in [-0.2, 0) is 16.1 Å². The van der Waals surface area contributed by atoms with Crippen LogP contribution in [0.1, 0.15) is 18.9 Å². The number of nitrogens with one attached hydrogen (secondary N) is 1. The third-order valence-electron chi connectivity index (χ3n) is 3.39. The number of likely N-dealkylation sites (N-methyl/N-ethyl adjacent to an activating group) is 1. The van der Waals surface area contributed by atoms with Crippen LogP contribution in [0, 0.1) is 0 Å². The lowest BCUT2D eigenvalue weighted by Gasteiger charge is -2.43. The maximum Gasteiger partial charge on any atom is 0.0990 e. The second-order valence-electron chi connectivity index (χ2n) is 4.49. The molecule has 0 bridgehead atoms. The van der Waals surface area contributed by atoms with Crippen molar-refractivity contribution in [3.8, 4) is 0 Å². The van der Waals surface area contributed by atoms with E-state index in [9.17, 15) is 0 Å². The maximum absolute atomic E-state index is 5.95. The molecule has 4 heteroatoms. The van der Waals surface area contributed by atoms with E-state index in [0.717, 1.165) is 17.5 Å². The van der Waals surface area contributed by atoms with Gasteiger partial charge in [-0.2, -0.15) is 0 Å². The Morgan fingerprint density at radius 2 is 2.11 bits per heavy atom. The Labute approximate surface area is 117 Å². The monoisotopic (exact) mass is 313 g/mol. The minimum absolute atomic E-state index is 0.183. The van der Waals surface area contributed by atoms with Crippen molar-refractivity contribution in [3.63, 3.8) is 0 Å². The number of hydrogen-bond acceptors (Lipinski definition) is 3. The zero-order valence-electron chi connectivity index (χ0n) is 10.9. The van der Waals surface area contributed by atoms with E-state index in [0.29, 0.717) is 12.6 Å². The standard InChI is InChI=1S/C14H20BrNO2/c1-3-17-14-12(16-2)8-13(14)18-9-10-6-4-5-7-11(10)15/h4-7,12-14,16H,3,8-9H2,1-2H3. The van der Waals surface area contributed by atoms with Gasteiger partial charge in [0.15, 0.2) is 0 Å². The van der Waals surface area contributed by atoms with Crippen molar-refractivity contribution in [2.24, 2.45) is 0 Å². The predicted octanol–water partition coefficient (Wildman–Crippen LogP) is 2.73. The first-order valence-corrected chi connectivity index (χ1v) is 7.19. The Morgan fingerprint density at radius 1 is 1.33 bits per heavy atom. The van der Waals surface area contributed by atoms with Gasteiger partial charge < -0.3 is 14.8 Å². The van der Waals surface area contributed by atoms with Gasteiger partial charge >= 0.3 is 0 Å². The van der Waals surface area contributed by atoms with Crippen LogP contribution < -0.4 is 5.32 Å². The van der Waals surface area contributed by atoms with Gasteiger partial charge in [-0.3, -0.25) is 0 Å². The molecular weight excluding hydrogens is 294 g/mol. The van der Waals surface area contributed by atoms with Gasteiger partial charge in [0, 0.05) is 17.1 Å². The second kappa shape index (κ2) is 6.66. The van der Waals surface area contributed by atoms with Crippen LogP contribution in [0.15, 0.2) is 28.7 Å². The van der Waals surface area contributed by atoms with Crippen LogP contribution in [0.2, 0.25) is 0 Å². The summed E-state index contributed by atoms with van der Waals surface area (Å²) in [5.74, 6) is 0. The summed E-state index contributed by atoms with van der Waals surface area (Å²) in [5.41, 5.74) is 1.18. The van der Waals surface area contributed by atoms with Crippen LogP contribution in [0.4, 0.5) is 0 Å². The Bertz CT molecular complexity index is 386. The molecule has 3 atom stereocenters. The van der Waals surface area contributed by atoms with Crippen LogP contribution in [0.5, 0.6) is 0 Å². The summed E-state index contributed by atoms with van der Waals surface area (Å²) in [6.07, 6.45) is 1.41. The fraction of sp³-hybridized carbons (Fsp3) is 0.571. The van der Waals surface area contributed by atoms with Crippen molar-refractivity contribution >= 4 is 15.9 Å². The van der Waals surface area contributed by atoms with Crippen LogP contribution in [0.3, 0.4) is 0 Å². The molecule has 0 saturated heterocycles. The van der Waals surface area contributed by atoms with Gasteiger partial charge in [0.1, 0.15) is 0 Å². The molecule has 1 N–H and O–H groups in total. The molecule has 0 aromatic heterocycles.